The molecule has 1 N–H and O–H groups in total. The third kappa shape index (κ3) is 5.13. The Morgan fingerprint density at radius 1 is 1.19 bits per heavy atom. The Morgan fingerprint density at radius 3 is 2.56 bits per heavy atom. The van der Waals surface area contributed by atoms with Crippen molar-refractivity contribution in [3.8, 4) is 0 Å². The van der Waals surface area contributed by atoms with Gasteiger partial charge in [-0.1, -0.05) is 62.2 Å². The van der Waals surface area contributed by atoms with Crippen LogP contribution < -0.4 is 5.32 Å². The molecular formula is C15H23N. The molecule has 1 rings (SSSR count). The van der Waals surface area contributed by atoms with Gasteiger partial charge in [0, 0.05) is 13.1 Å². The van der Waals surface area contributed by atoms with Crippen molar-refractivity contribution in [2.75, 3.05) is 6.54 Å². The van der Waals surface area contributed by atoms with Gasteiger partial charge >= 0.3 is 0 Å². The number of hydrogen-bond acceptors (Lipinski definition) is 1. The van der Waals surface area contributed by atoms with Gasteiger partial charge < -0.3 is 5.32 Å². The molecule has 0 amide bonds. The summed E-state index contributed by atoms with van der Waals surface area (Å²) in [6.07, 6.45) is 5.97. The average Bonchev–Trinajstić information content (AvgIpc) is 2.35. The van der Waals surface area contributed by atoms with Crippen LogP contribution in [0.25, 0.3) is 0 Å². The number of rotatable bonds is 7. The minimum absolute atomic E-state index is 0.963. The number of hydrogen-bond donors (Lipinski definition) is 1. The zero-order valence-corrected chi connectivity index (χ0v) is 10.5. The van der Waals surface area contributed by atoms with Crippen LogP contribution in [0.5, 0.6) is 0 Å². The number of nitrogens with one attached hydrogen (secondary N) is 1. The van der Waals surface area contributed by atoms with E-state index in [4.69, 9.17) is 0 Å². The second kappa shape index (κ2) is 8.12. The normalized spacial score (nSPS) is 11.8. The molecule has 0 aromatic heterocycles. The van der Waals surface area contributed by atoms with Crippen LogP contribution in [0.2, 0.25) is 0 Å². The predicted octanol–water partition coefficient (Wildman–Crippen LogP) is 3.91. The molecule has 1 aromatic carbocycles. The van der Waals surface area contributed by atoms with Gasteiger partial charge in [0.1, 0.15) is 0 Å². The lowest BCUT2D eigenvalue weighted by Crippen LogP contribution is -2.16. The highest BCUT2D eigenvalue weighted by molar-refractivity contribution is 5.14. The fourth-order valence-corrected chi connectivity index (χ4v) is 1.65. The first-order valence-corrected chi connectivity index (χ1v) is 6.29. The van der Waals surface area contributed by atoms with Crippen LogP contribution in [-0.4, -0.2) is 6.54 Å². The summed E-state index contributed by atoms with van der Waals surface area (Å²) in [6, 6.07) is 10.6. The molecule has 0 bridgehead atoms. The molecule has 0 unspecified atom stereocenters. The van der Waals surface area contributed by atoms with E-state index in [0.717, 1.165) is 19.5 Å². The topological polar surface area (TPSA) is 12.0 Å². The van der Waals surface area contributed by atoms with Crippen LogP contribution in [0, 0.1) is 0 Å². The Balaban J connectivity index is 2.28. The van der Waals surface area contributed by atoms with Crippen LogP contribution in [0.1, 0.15) is 38.7 Å². The van der Waals surface area contributed by atoms with E-state index < -0.39 is 0 Å². The monoisotopic (exact) mass is 217 g/mol. The molecule has 0 aliphatic carbocycles. The molecule has 16 heavy (non-hydrogen) atoms. The molecule has 1 nitrogen and oxygen atoms in total. The zero-order chi connectivity index (χ0) is 11.6. The van der Waals surface area contributed by atoms with Crippen LogP contribution in [0.4, 0.5) is 0 Å². The Kier molecular flexibility index (Phi) is 6.59. The van der Waals surface area contributed by atoms with Gasteiger partial charge in [0.15, 0.2) is 0 Å². The van der Waals surface area contributed by atoms with E-state index in [1.54, 1.807) is 0 Å². The third-order valence-corrected chi connectivity index (χ3v) is 2.70. The van der Waals surface area contributed by atoms with E-state index >= 15 is 0 Å². The third-order valence-electron chi connectivity index (χ3n) is 2.70. The Bertz CT molecular complexity index is 300. The van der Waals surface area contributed by atoms with Gasteiger partial charge in [-0.2, -0.15) is 0 Å². The summed E-state index contributed by atoms with van der Waals surface area (Å²) in [5.41, 5.74) is 2.88. The molecule has 0 aliphatic heterocycles. The first kappa shape index (κ1) is 13.0. The second-order valence-corrected chi connectivity index (χ2v) is 4.09. The molecule has 0 atom stereocenters. The first-order chi connectivity index (χ1) is 7.86. The van der Waals surface area contributed by atoms with E-state index in [1.165, 1.54) is 24.0 Å². The quantitative estimate of drug-likeness (QED) is 0.683. The summed E-state index contributed by atoms with van der Waals surface area (Å²) in [7, 11) is 0. The SMILES string of the molecule is CCCC=C(CC)CNCc1ccccc1. The molecule has 1 aromatic rings. The summed E-state index contributed by atoms with van der Waals surface area (Å²) >= 11 is 0. The van der Waals surface area contributed by atoms with Crippen molar-refractivity contribution in [3.05, 3.63) is 47.5 Å². The molecule has 0 heterocycles. The van der Waals surface area contributed by atoms with Crippen molar-refractivity contribution in [1.29, 1.82) is 0 Å². The molecule has 0 aliphatic rings. The van der Waals surface area contributed by atoms with Gasteiger partial charge in [-0.25, -0.2) is 0 Å². The lowest BCUT2D eigenvalue weighted by molar-refractivity contribution is 0.721. The van der Waals surface area contributed by atoms with E-state index in [0.29, 0.717) is 0 Å². The summed E-state index contributed by atoms with van der Waals surface area (Å²) < 4.78 is 0. The predicted molar refractivity (Wildman–Crippen MR) is 71.4 cm³/mol. The summed E-state index contributed by atoms with van der Waals surface area (Å²) in [6.45, 7) is 6.43. The number of benzene rings is 1. The average molecular weight is 217 g/mol. The number of allylic oxidation sites excluding steroid dienone is 1. The first-order valence-electron chi connectivity index (χ1n) is 6.29. The second-order valence-electron chi connectivity index (χ2n) is 4.09. The van der Waals surface area contributed by atoms with E-state index in [9.17, 15) is 0 Å². The van der Waals surface area contributed by atoms with Crippen LogP contribution in [0.15, 0.2) is 42.0 Å². The summed E-state index contributed by atoms with van der Waals surface area (Å²) in [5.74, 6) is 0. The smallest absolute Gasteiger partial charge is 0.0208 e. The number of unbranched alkanes of at least 4 members (excludes halogenated alkanes) is 1. The van der Waals surface area contributed by atoms with Gasteiger partial charge in [-0.05, 0) is 18.4 Å². The van der Waals surface area contributed by atoms with Crippen molar-refractivity contribution >= 4 is 0 Å². The maximum atomic E-state index is 3.49. The summed E-state index contributed by atoms with van der Waals surface area (Å²) in [4.78, 5) is 0. The van der Waals surface area contributed by atoms with Gasteiger partial charge in [0.25, 0.3) is 0 Å². The Labute approximate surface area is 99.6 Å². The molecular weight excluding hydrogens is 194 g/mol. The van der Waals surface area contributed by atoms with Gasteiger partial charge in [-0.15, -0.1) is 0 Å². The van der Waals surface area contributed by atoms with Crippen LogP contribution in [-0.2, 0) is 6.54 Å². The molecule has 0 fully saturated rings. The molecule has 0 saturated carbocycles. The van der Waals surface area contributed by atoms with Crippen molar-refractivity contribution in [1.82, 2.24) is 5.32 Å². The minimum Gasteiger partial charge on any atom is -0.309 e. The van der Waals surface area contributed by atoms with Gasteiger partial charge in [0.05, 0.1) is 0 Å². The van der Waals surface area contributed by atoms with Crippen molar-refractivity contribution < 1.29 is 0 Å². The minimum atomic E-state index is 0.963. The van der Waals surface area contributed by atoms with Crippen molar-refractivity contribution in [2.24, 2.45) is 0 Å². The molecule has 0 saturated heterocycles. The fraction of sp³-hybridized carbons (Fsp3) is 0.467. The van der Waals surface area contributed by atoms with E-state index in [1.807, 2.05) is 0 Å². The van der Waals surface area contributed by atoms with Gasteiger partial charge in [0.2, 0.25) is 0 Å². The maximum absolute atomic E-state index is 3.49. The van der Waals surface area contributed by atoms with Crippen molar-refractivity contribution in [3.63, 3.8) is 0 Å². The Morgan fingerprint density at radius 2 is 1.94 bits per heavy atom. The maximum Gasteiger partial charge on any atom is 0.0208 e. The highest BCUT2D eigenvalue weighted by Crippen LogP contribution is 2.03. The van der Waals surface area contributed by atoms with Gasteiger partial charge in [-0.3, -0.25) is 0 Å². The molecule has 88 valence electrons. The van der Waals surface area contributed by atoms with E-state index in [2.05, 4.69) is 55.6 Å². The van der Waals surface area contributed by atoms with Crippen LogP contribution >= 0.6 is 0 Å². The van der Waals surface area contributed by atoms with Crippen LogP contribution in [0.3, 0.4) is 0 Å². The van der Waals surface area contributed by atoms with E-state index in [-0.39, 0.29) is 0 Å². The Hall–Kier alpha value is -1.08. The summed E-state index contributed by atoms with van der Waals surface area (Å²) in [5, 5.41) is 3.49. The molecule has 0 spiro atoms. The standard InChI is InChI=1S/C15H23N/c1-3-5-9-14(4-2)12-16-13-15-10-7-6-8-11-15/h6-11,16H,3-5,12-13H2,1-2H3. The fourth-order valence-electron chi connectivity index (χ4n) is 1.65. The molecule has 0 radical (unpaired) electrons. The zero-order valence-electron chi connectivity index (χ0n) is 10.5. The highest BCUT2D eigenvalue weighted by Gasteiger charge is 1.94. The highest BCUT2D eigenvalue weighted by atomic mass is 14.8. The lowest BCUT2D eigenvalue weighted by atomic mass is 10.1. The lowest BCUT2D eigenvalue weighted by Gasteiger charge is -2.07. The molecule has 1 heteroatoms. The van der Waals surface area contributed by atoms with Crippen molar-refractivity contribution in [2.45, 2.75) is 39.7 Å². The largest absolute Gasteiger partial charge is 0.309 e.